The van der Waals surface area contributed by atoms with Crippen LogP contribution in [0.1, 0.15) is 16.9 Å². The summed E-state index contributed by atoms with van der Waals surface area (Å²) in [5.74, 6) is 0.783. The molecular formula is C25H29N3O4. The third-order valence-electron chi connectivity index (χ3n) is 5.24. The molecule has 2 heterocycles. The van der Waals surface area contributed by atoms with Crippen LogP contribution in [0.25, 0.3) is 0 Å². The minimum absolute atomic E-state index is 0.0282. The fourth-order valence-electron chi connectivity index (χ4n) is 3.67. The lowest BCUT2D eigenvalue weighted by molar-refractivity contribution is -0.0285. The molecule has 1 atom stereocenters. The van der Waals surface area contributed by atoms with Crippen LogP contribution in [-0.2, 0) is 29.2 Å². The van der Waals surface area contributed by atoms with Crippen LogP contribution in [0.4, 0.5) is 10.5 Å². The molecule has 1 aliphatic heterocycles. The quantitative estimate of drug-likeness (QED) is 0.531. The Hall–Kier alpha value is -3.13. The SMILES string of the molecule is O=C(NCC1CN(Cc2ccccc2)CCO1)Nc1cccc(COCc2ccco2)c1. The third kappa shape index (κ3) is 6.95. The number of anilines is 1. The summed E-state index contributed by atoms with van der Waals surface area (Å²) in [6.07, 6.45) is 1.60. The smallest absolute Gasteiger partial charge is 0.319 e. The van der Waals surface area contributed by atoms with Crippen LogP contribution in [0.3, 0.4) is 0 Å². The predicted octanol–water partition coefficient (Wildman–Crippen LogP) is 4.02. The van der Waals surface area contributed by atoms with E-state index in [1.807, 2.05) is 42.5 Å². The number of benzene rings is 2. The van der Waals surface area contributed by atoms with Gasteiger partial charge in [-0.25, -0.2) is 4.79 Å². The molecule has 7 nitrogen and oxygen atoms in total. The number of furan rings is 1. The standard InChI is InChI=1S/C25H29N3O4/c29-25(26-15-24-17-28(11-13-32-24)16-20-6-2-1-3-7-20)27-22-9-4-8-21(14-22)18-30-19-23-10-5-12-31-23/h1-10,12,14,24H,11,13,15-19H2,(H2,26,27,29). The monoisotopic (exact) mass is 435 g/mol. The van der Waals surface area contributed by atoms with Crippen molar-refractivity contribution >= 4 is 11.7 Å². The maximum atomic E-state index is 12.4. The number of morpholine rings is 1. The maximum Gasteiger partial charge on any atom is 0.319 e. The molecule has 0 spiro atoms. The van der Waals surface area contributed by atoms with Crippen molar-refractivity contribution in [1.82, 2.24) is 10.2 Å². The summed E-state index contributed by atoms with van der Waals surface area (Å²) in [6, 6.07) is 21.5. The highest BCUT2D eigenvalue weighted by atomic mass is 16.5. The topological polar surface area (TPSA) is 76.0 Å². The number of ether oxygens (including phenoxy) is 2. The van der Waals surface area contributed by atoms with Crippen molar-refractivity contribution in [1.29, 1.82) is 0 Å². The van der Waals surface area contributed by atoms with Crippen molar-refractivity contribution < 1.29 is 18.7 Å². The number of hydrogen-bond donors (Lipinski definition) is 2. The summed E-state index contributed by atoms with van der Waals surface area (Å²) in [5.41, 5.74) is 2.98. The number of amides is 2. The fraction of sp³-hybridized carbons (Fsp3) is 0.320. The van der Waals surface area contributed by atoms with Crippen LogP contribution >= 0.6 is 0 Å². The summed E-state index contributed by atoms with van der Waals surface area (Å²) in [6.45, 7) is 4.55. The average Bonchev–Trinajstić information content (AvgIpc) is 3.33. The molecule has 3 aromatic rings. The van der Waals surface area contributed by atoms with Gasteiger partial charge in [-0.15, -0.1) is 0 Å². The van der Waals surface area contributed by atoms with Gasteiger partial charge in [0.2, 0.25) is 0 Å². The Balaban J connectivity index is 1.19. The first-order valence-corrected chi connectivity index (χ1v) is 10.9. The second-order valence-electron chi connectivity index (χ2n) is 7.82. The average molecular weight is 436 g/mol. The molecule has 2 aromatic carbocycles. The summed E-state index contributed by atoms with van der Waals surface area (Å²) in [4.78, 5) is 14.7. The highest BCUT2D eigenvalue weighted by molar-refractivity contribution is 5.89. The van der Waals surface area contributed by atoms with Gasteiger partial charge in [0.05, 0.1) is 25.6 Å². The number of urea groups is 1. The van der Waals surface area contributed by atoms with Gasteiger partial charge in [0.15, 0.2) is 0 Å². The number of rotatable bonds is 9. The van der Waals surface area contributed by atoms with E-state index in [1.165, 1.54) is 5.56 Å². The highest BCUT2D eigenvalue weighted by Crippen LogP contribution is 2.13. The van der Waals surface area contributed by atoms with Crippen LogP contribution in [-0.4, -0.2) is 43.3 Å². The van der Waals surface area contributed by atoms with E-state index in [4.69, 9.17) is 13.9 Å². The Kier molecular flexibility index (Phi) is 7.92. The normalized spacial score (nSPS) is 16.6. The van der Waals surface area contributed by atoms with Crippen molar-refractivity contribution in [2.75, 3.05) is 31.6 Å². The second-order valence-corrected chi connectivity index (χ2v) is 7.82. The van der Waals surface area contributed by atoms with Gasteiger partial charge in [-0.1, -0.05) is 42.5 Å². The fourth-order valence-corrected chi connectivity index (χ4v) is 3.67. The molecule has 32 heavy (non-hydrogen) atoms. The van der Waals surface area contributed by atoms with Crippen LogP contribution in [0.15, 0.2) is 77.4 Å². The Bertz CT molecular complexity index is 962. The zero-order valence-corrected chi connectivity index (χ0v) is 18.0. The van der Waals surface area contributed by atoms with E-state index in [2.05, 4.69) is 39.8 Å². The summed E-state index contributed by atoms with van der Waals surface area (Å²) >= 11 is 0. The lowest BCUT2D eigenvalue weighted by Gasteiger charge is -2.33. The van der Waals surface area contributed by atoms with Crippen molar-refractivity contribution in [2.45, 2.75) is 25.9 Å². The van der Waals surface area contributed by atoms with Crippen molar-refractivity contribution in [3.05, 3.63) is 89.9 Å². The molecule has 4 rings (SSSR count). The molecule has 168 valence electrons. The molecule has 1 unspecified atom stereocenters. The number of nitrogens with zero attached hydrogens (tertiary/aromatic N) is 1. The Morgan fingerprint density at radius 3 is 2.75 bits per heavy atom. The van der Waals surface area contributed by atoms with Gasteiger partial charge < -0.3 is 24.5 Å². The predicted molar refractivity (Wildman–Crippen MR) is 122 cm³/mol. The van der Waals surface area contributed by atoms with E-state index < -0.39 is 0 Å². The van der Waals surface area contributed by atoms with E-state index >= 15 is 0 Å². The van der Waals surface area contributed by atoms with Gasteiger partial charge >= 0.3 is 6.03 Å². The first-order valence-electron chi connectivity index (χ1n) is 10.9. The van der Waals surface area contributed by atoms with E-state index in [0.717, 1.165) is 36.6 Å². The molecule has 0 saturated carbocycles. The minimum atomic E-state index is -0.248. The second kappa shape index (κ2) is 11.5. The Morgan fingerprint density at radius 2 is 1.91 bits per heavy atom. The zero-order valence-electron chi connectivity index (χ0n) is 18.0. The van der Waals surface area contributed by atoms with Crippen LogP contribution < -0.4 is 10.6 Å². The summed E-state index contributed by atoms with van der Waals surface area (Å²) < 4.78 is 16.7. The van der Waals surface area contributed by atoms with Crippen LogP contribution in [0.2, 0.25) is 0 Å². The van der Waals surface area contributed by atoms with Gasteiger partial charge in [-0.2, -0.15) is 0 Å². The van der Waals surface area contributed by atoms with Crippen LogP contribution in [0, 0.1) is 0 Å². The molecule has 1 aliphatic rings. The molecular weight excluding hydrogens is 406 g/mol. The largest absolute Gasteiger partial charge is 0.467 e. The molecule has 0 aliphatic carbocycles. The number of carbonyl (C=O) groups is 1. The van der Waals surface area contributed by atoms with Gasteiger partial charge in [-0.05, 0) is 35.4 Å². The minimum Gasteiger partial charge on any atom is -0.467 e. The molecule has 0 bridgehead atoms. The number of hydrogen-bond acceptors (Lipinski definition) is 5. The Labute approximate surface area is 188 Å². The zero-order chi connectivity index (χ0) is 22.0. The molecule has 7 heteroatoms. The van der Waals surface area contributed by atoms with E-state index in [-0.39, 0.29) is 12.1 Å². The van der Waals surface area contributed by atoms with E-state index in [0.29, 0.717) is 26.4 Å². The number of carbonyl (C=O) groups excluding carboxylic acids is 1. The van der Waals surface area contributed by atoms with Crippen molar-refractivity contribution in [2.24, 2.45) is 0 Å². The molecule has 2 amide bonds. The van der Waals surface area contributed by atoms with Crippen molar-refractivity contribution in [3.8, 4) is 0 Å². The molecule has 1 fully saturated rings. The molecule has 2 N–H and O–H groups in total. The van der Waals surface area contributed by atoms with Gasteiger partial charge in [0.1, 0.15) is 12.4 Å². The Morgan fingerprint density at radius 1 is 1.03 bits per heavy atom. The summed E-state index contributed by atoms with van der Waals surface area (Å²) in [5, 5.41) is 5.80. The van der Waals surface area contributed by atoms with Gasteiger partial charge in [0, 0.05) is 31.9 Å². The first kappa shape index (κ1) is 22.1. The molecule has 1 aromatic heterocycles. The molecule has 0 radical (unpaired) electrons. The van der Waals surface area contributed by atoms with Gasteiger partial charge in [-0.3, -0.25) is 4.90 Å². The molecule has 1 saturated heterocycles. The van der Waals surface area contributed by atoms with Crippen molar-refractivity contribution in [3.63, 3.8) is 0 Å². The van der Waals surface area contributed by atoms with Crippen LogP contribution in [0.5, 0.6) is 0 Å². The third-order valence-corrected chi connectivity index (χ3v) is 5.24. The highest BCUT2D eigenvalue weighted by Gasteiger charge is 2.21. The lowest BCUT2D eigenvalue weighted by Crippen LogP contribution is -2.47. The van der Waals surface area contributed by atoms with E-state index in [1.54, 1.807) is 6.26 Å². The lowest BCUT2D eigenvalue weighted by atomic mass is 10.2. The van der Waals surface area contributed by atoms with Gasteiger partial charge in [0.25, 0.3) is 0 Å². The number of nitrogens with one attached hydrogen (secondary N) is 2. The first-order chi connectivity index (χ1) is 15.7. The van der Waals surface area contributed by atoms with E-state index in [9.17, 15) is 4.79 Å². The summed E-state index contributed by atoms with van der Waals surface area (Å²) in [7, 11) is 0. The maximum absolute atomic E-state index is 12.4.